The second kappa shape index (κ2) is 5.13. The summed E-state index contributed by atoms with van der Waals surface area (Å²) in [4.78, 5) is 27.6. The molecule has 2 heterocycles. The molecular weight excluding hydrogens is 320 g/mol. The number of benzene rings is 1. The zero-order valence-electron chi connectivity index (χ0n) is 10.7. The summed E-state index contributed by atoms with van der Waals surface area (Å²) in [5, 5.41) is 0. The van der Waals surface area contributed by atoms with Crippen LogP contribution in [0.5, 0.6) is 0 Å². The Bertz CT molecular complexity index is 844. The maximum absolute atomic E-state index is 11.9. The fourth-order valence-corrected chi connectivity index (χ4v) is 2.46. The van der Waals surface area contributed by atoms with Crippen molar-refractivity contribution >= 4 is 27.0 Å². The van der Waals surface area contributed by atoms with E-state index in [1.54, 1.807) is 12.4 Å². The number of nitrogens with one attached hydrogen (secondary N) is 1. The normalized spacial score (nSPS) is 10.9. The highest BCUT2D eigenvalue weighted by Gasteiger charge is 2.09. The number of hydrogen-bond acceptors (Lipinski definition) is 4. The Labute approximate surface area is 123 Å². The molecule has 0 aliphatic carbocycles. The van der Waals surface area contributed by atoms with Crippen LogP contribution in [0.3, 0.4) is 0 Å². The Balaban J connectivity index is 2.20. The van der Waals surface area contributed by atoms with Crippen LogP contribution in [0.4, 0.5) is 0 Å². The van der Waals surface area contributed by atoms with Crippen LogP contribution in [0, 0.1) is 0 Å². The summed E-state index contributed by atoms with van der Waals surface area (Å²) in [5.41, 5.74) is 2.96. The molecule has 2 aromatic heterocycles. The third kappa shape index (κ3) is 2.22. The number of nitrogens with zero attached hydrogens (tertiary/aromatic N) is 3. The SMILES string of the molecule is CCc1nc(-c2ccc3nccnc3c2)[nH]c(=O)c1Br. The van der Waals surface area contributed by atoms with Gasteiger partial charge in [0.2, 0.25) is 0 Å². The van der Waals surface area contributed by atoms with Crippen molar-refractivity contribution in [2.45, 2.75) is 13.3 Å². The average molecular weight is 331 g/mol. The van der Waals surface area contributed by atoms with Crippen LogP contribution in [-0.2, 0) is 6.42 Å². The maximum atomic E-state index is 11.9. The highest BCUT2D eigenvalue weighted by atomic mass is 79.9. The van der Waals surface area contributed by atoms with Crippen LogP contribution in [-0.4, -0.2) is 19.9 Å². The molecule has 0 radical (unpaired) electrons. The van der Waals surface area contributed by atoms with Crippen LogP contribution in [0.25, 0.3) is 22.4 Å². The largest absolute Gasteiger partial charge is 0.306 e. The quantitative estimate of drug-likeness (QED) is 0.784. The third-order valence-corrected chi connectivity index (χ3v) is 3.83. The van der Waals surface area contributed by atoms with Gasteiger partial charge in [-0.2, -0.15) is 0 Å². The number of aromatic nitrogens is 4. The molecule has 0 aliphatic heterocycles. The molecule has 0 fully saturated rings. The summed E-state index contributed by atoms with van der Waals surface area (Å²) >= 11 is 3.26. The number of aromatic amines is 1. The molecule has 3 aromatic rings. The molecule has 0 spiro atoms. The van der Waals surface area contributed by atoms with Crippen molar-refractivity contribution in [3.8, 4) is 11.4 Å². The molecule has 0 bridgehead atoms. The van der Waals surface area contributed by atoms with E-state index in [1.807, 2.05) is 25.1 Å². The number of aryl methyl sites for hydroxylation is 1. The minimum Gasteiger partial charge on any atom is -0.306 e. The number of halogens is 1. The molecule has 0 amide bonds. The maximum Gasteiger partial charge on any atom is 0.265 e. The lowest BCUT2D eigenvalue weighted by Crippen LogP contribution is -2.13. The highest BCUT2D eigenvalue weighted by molar-refractivity contribution is 9.10. The summed E-state index contributed by atoms with van der Waals surface area (Å²) in [6.45, 7) is 1.96. The average Bonchev–Trinajstić information content (AvgIpc) is 2.49. The second-order valence-electron chi connectivity index (χ2n) is 4.29. The Kier molecular flexibility index (Phi) is 3.31. The van der Waals surface area contributed by atoms with Gasteiger partial charge in [-0.05, 0) is 40.5 Å². The summed E-state index contributed by atoms with van der Waals surface area (Å²) in [6, 6.07) is 5.61. The van der Waals surface area contributed by atoms with Crippen molar-refractivity contribution in [3.63, 3.8) is 0 Å². The molecule has 1 N–H and O–H groups in total. The molecule has 3 rings (SSSR count). The van der Waals surface area contributed by atoms with E-state index in [0.717, 1.165) is 22.3 Å². The molecule has 0 unspecified atom stereocenters. The molecule has 5 nitrogen and oxygen atoms in total. The van der Waals surface area contributed by atoms with E-state index in [0.29, 0.717) is 16.7 Å². The van der Waals surface area contributed by atoms with Gasteiger partial charge >= 0.3 is 0 Å². The van der Waals surface area contributed by atoms with Gasteiger partial charge in [0.25, 0.3) is 5.56 Å². The molecule has 1 aromatic carbocycles. The number of H-pyrrole nitrogens is 1. The van der Waals surface area contributed by atoms with Gasteiger partial charge in [0.05, 0.1) is 16.7 Å². The molecule has 0 atom stereocenters. The first-order valence-electron chi connectivity index (χ1n) is 6.19. The highest BCUT2D eigenvalue weighted by Crippen LogP contribution is 2.20. The Morgan fingerprint density at radius 2 is 1.95 bits per heavy atom. The Morgan fingerprint density at radius 3 is 2.70 bits per heavy atom. The lowest BCUT2D eigenvalue weighted by molar-refractivity contribution is 0.970. The van der Waals surface area contributed by atoms with Crippen molar-refractivity contribution in [1.82, 2.24) is 19.9 Å². The monoisotopic (exact) mass is 330 g/mol. The minimum absolute atomic E-state index is 0.175. The van der Waals surface area contributed by atoms with Crippen LogP contribution in [0.1, 0.15) is 12.6 Å². The first-order chi connectivity index (χ1) is 9.69. The third-order valence-electron chi connectivity index (χ3n) is 3.01. The second-order valence-corrected chi connectivity index (χ2v) is 5.08. The van der Waals surface area contributed by atoms with Crippen molar-refractivity contribution in [2.75, 3.05) is 0 Å². The van der Waals surface area contributed by atoms with Gasteiger partial charge in [-0.3, -0.25) is 14.8 Å². The van der Waals surface area contributed by atoms with Gasteiger partial charge < -0.3 is 4.98 Å². The van der Waals surface area contributed by atoms with E-state index < -0.39 is 0 Å². The Morgan fingerprint density at radius 1 is 1.20 bits per heavy atom. The molecular formula is C14H11BrN4O. The van der Waals surface area contributed by atoms with Crippen molar-refractivity contribution in [3.05, 3.63) is 51.1 Å². The van der Waals surface area contributed by atoms with Gasteiger partial charge in [-0.1, -0.05) is 6.92 Å². The van der Waals surface area contributed by atoms with E-state index in [-0.39, 0.29) is 5.56 Å². The Hall–Kier alpha value is -2.08. The van der Waals surface area contributed by atoms with Gasteiger partial charge in [0.15, 0.2) is 0 Å². The molecule has 100 valence electrons. The minimum atomic E-state index is -0.175. The van der Waals surface area contributed by atoms with Gasteiger partial charge in [0.1, 0.15) is 10.3 Å². The fraction of sp³-hybridized carbons (Fsp3) is 0.143. The zero-order chi connectivity index (χ0) is 14.1. The summed E-state index contributed by atoms with van der Waals surface area (Å²) in [6.07, 6.45) is 3.98. The van der Waals surface area contributed by atoms with Gasteiger partial charge in [0, 0.05) is 18.0 Å². The zero-order valence-corrected chi connectivity index (χ0v) is 12.3. The predicted molar refractivity (Wildman–Crippen MR) is 80.5 cm³/mol. The summed E-state index contributed by atoms with van der Waals surface area (Å²) < 4.78 is 0.490. The van der Waals surface area contributed by atoms with Crippen LogP contribution in [0.15, 0.2) is 39.9 Å². The van der Waals surface area contributed by atoms with Gasteiger partial charge in [-0.15, -0.1) is 0 Å². The first-order valence-corrected chi connectivity index (χ1v) is 6.98. The molecule has 20 heavy (non-hydrogen) atoms. The number of fused-ring (bicyclic) bond motifs is 1. The molecule has 0 saturated heterocycles. The number of rotatable bonds is 2. The van der Waals surface area contributed by atoms with E-state index in [9.17, 15) is 4.79 Å². The van der Waals surface area contributed by atoms with Crippen molar-refractivity contribution in [1.29, 1.82) is 0 Å². The molecule has 0 aliphatic rings. The van der Waals surface area contributed by atoms with E-state index in [4.69, 9.17) is 0 Å². The van der Waals surface area contributed by atoms with Crippen LogP contribution >= 0.6 is 15.9 Å². The molecule has 6 heteroatoms. The van der Waals surface area contributed by atoms with Crippen LogP contribution < -0.4 is 5.56 Å². The van der Waals surface area contributed by atoms with Crippen molar-refractivity contribution < 1.29 is 0 Å². The summed E-state index contributed by atoms with van der Waals surface area (Å²) in [7, 11) is 0. The summed E-state index contributed by atoms with van der Waals surface area (Å²) in [5.74, 6) is 0.544. The standard InChI is InChI=1S/C14H11BrN4O/c1-2-9-12(15)14(20)19-13(18-9)8-3-4-10-11(7-8)17-6-5-16-10/h3-7H,2H2,1H3,(H,18,19,20). The topological polar surface area (TPSA) is 71.5 Å². The molecule has 0 saturated carbocycles. The van der Waals surface area contributed by atoms with E-state index in [1.165, 1.54) is 0 Å². The lowest BCUT2D eigenvalue weighted by Gasteiger charge is -2.06. The van der Waals surface area contributed by atoms with Crippen molar-refractivity contribution in [2.24, 2.45) is 0 Å². The van der Waals surface area contributed by atoms with Gasteiger partial charge in [-0.25, -0.2) is 4.98 Å². The van der Waals surface area contributed by atoms with E-state index in [2.05, 4.69) is 35.9 Å². The fourth-order valence-electron chi connectivity index (χ4n) is 1.99. The number of hydrogen-bond donors (Lipinski definition) is 1. The first kappa shape index (κ1) is 12.9. The van der Waals surface area contributed by atoms with E-state index >= 15 is 0 Å². The smallest absolute Gasteiger partial charge is 0.265 e. The van der Waals surface area contributed by atoms with Crippen LogP contribution in [0.2, 0.25) is 0 Å². The predicted octanol–water partition coefficient (Wildman–Crippen LogP) is 2.71. The lowest BCUT2D eigenvalue weighted by atomic mass is 10.1.